The predicted molar refractivity (Wildman–Crippen MR) is 93.9 cm³/mol. The van der Waals surface area contributed by atoms with Crippen LogP contribution >= 0.6 is 0 Å². The normalized spacial score (nSPS) is 17.2. The zero-order valence-electron chi connectivity index (χ0n) is 15.1. The van der Waals surface area contributed by atoms with Crippen molar-refractivity contribution in [3.8, 4) is 0 Å². The van der Waals surface area contributed by atoms with Crippen LogP contribution in [0.1, 0.15) is 34.4 Å². The van der Waals surface area contributed by atoms with Crippen LogP contribution in [0, 0.1) is 13.8 Å². The minimum absolute atomic E-state index is 0.0395. The summed E-state index contributed by atoms with van der Waals surface area (Å²) in [4.78, 5) is 39.7. The maximum Gasteiger partial charge on any atom is 0.341 e. The number of urea groups is 1. The fraction of sp³-hybridized carbons (Fsp3) is 0.316. The van der Waals surface area contributed by atoms with E-state index in [1.165, 1.54) is 18.1 Å². The first-order valence-corrected chi connectivity index (χ1v) is 8.22. The maximum atomic E-state index is 12.8. The van der Waals surface area contributed by atoms with Crippen molar-refractivity contribution >= 4 is 23.6 Å². The highest BCUT2D eigenvalue weighted by Gasteiger charge is 2.43. The van der Waals surface area contributed by atoms with Crippen molar-refractivity contribution in [2.45, 2.75) is 33.4 Å². The van der Waals surface area contributed by atoms with Crippen LogP contribution in [-0.4, -0.2) is 36.0 Å². The molecule has 0 spiro atoms. The first-order valence-electron chi connectivity index (χ1n) is 8.22. The van der Waals surface area contributed by atoms with Gasteiger partial charge in [0, 0.05) is 5.69 Å². The van der Waals surface area contributed by atoms with Crippen LogP contribution in [0.4, 0.5) is 10.5 Å². The van der Waals surface area contributed by atoms with E-state index in [0.29, 0.717) is 17.2 Å². The molecule has 1 aliphatic heterocycles. The van der Waals surface area contributed by atoms with E-state index in [1.807, 2.05) is 31.2 Å². The third-order valence-corrected chi connectivity index (χ3v) is 4.45. The van der Waals surface area contributed by atoms with E-state index in [1.54, 1.807) is 13.8 Å². The molecule has 26 heavy (non-hydrogen) atoms. The molecule has 0 aliphatic carbocycles. The molecule has 1 aromatic heterocycles. The van der Waals surface area contributed by atoms with Crippen molar-refractivity contribution < 1.29 is 23.5 Å². The van der Waals surface area contributed by atoms with E-state index in [-0.39, 0.29) is 18.0 Å². The molecular weight excluding hydrogens is 336 g/mol. The number of hydrogen-bond acceptors (Lipinski definition) is 5. The fourth-order valence-corrected chi connectivity index (χ4v) is 3.00. The highest BCUT2D eigenvalue weighted by Crippen LogP contribution is 2.28. The summed E-state index contributed by atoms with van der Waals surface area (Å²) in [6.45, 7) is 5.23. The molecule has 136 valence electrons. The summed E-state index contributed by atoms with van der Waals surface area (Å²) in [6, 6.07) is 7.88. The molecule has 0 radical (unpaired) electrons. The molecule has 0 saturated carbocycles. The number of ether oxygens (including phenoxy) is 1. The van der Waals surface area contributed by atoms with Gasteiger partial charge in [-0.05, 0) is 39.0 Å². The lowest BCUT2D eigenvalue weighted by Gasteiger charge is -2.19. The highest BCUT2D eigenvalue weighted by molar-refractivity contribution is 6.13. The SMILES string of the molecule is COC(=O)c1cc(CN2C(=O)[C@@H](C)N(c3ccc(C)cc3)C2=O)oc1C. The number of nitrogens with zero attached hydrogens (tertiary/aromatic N) is 2. The Kier molecular flexibility index (Phi) is 4.54. The zero-order valence-corrected chi connectivity index (χ0v) is 15.1. The van der Waals surface area contributed by atoms with Gasteiger partial charge in [0.2, 0.25) is 0 Å². The molecule has 0 unspecified atom stereocenters. The van der Waals surface area contributed by atoms with Gasteiger partial charge >= 0.3 is 12.0 Å². The number of rotatable bonds is 4. The number of aryl methyl sites for hydroxylation is 2. The second kappa shape index (κ2) is 6.67. The quantitative estimate of drug-likeness (QED) is 0.621. The summed E-state index contributed by atoms with van der Waals surface area (Å²) in [7, 11) is 1.28. The van der Waals surface area contributed by atoms with Crippen molar-refractivity contribution in [2.75, 3.05) is 12.0 Å². The molecule has 1 saturated heterocycles. The standard InChI is InChI=1S/C19H20N2O5/c1-11-5-7-14(8-6-11)21-12(2)17(22)20(19(21)24)10-15-9-16(13(3)26-15)18(23)25-4/h5-9,12H,10H2,1-4H3/t12-/m1/s1. The van der Waals surface area contributed by atoms with Crippen molar-refractivity contribution in [1.82, 2.24) is 4.90 Å². The van der Waals surface area contributed by atoms with Crippen LogP contribution < -0.4 is 4.90 Å². The van der Waals surface area contributed by atoms with Gasteiger partial charge in [-0.25, -0.2) is 9.59 Å². The average molecular weight is 356 g/mol. The van der Waals surface area contributed by atoms with E-state index in [0.717, 1.165) is 10.5 Å². The zero-order chi connectivity index (χ0) is 19.0. The molecule has 1 fully saturated rings. The van der Waals surface area contributed by atoms with E-state index < -0.39 is 18.0 Å². The Bertz CT molecular complexity index is 869. The number of benzene rings is 1. The average Bonchev–Trinajstić information content (AvgIpc) is 3.08. The molecule has 1 atom stereocenters. The third kappa shape index (κ3) is 2.96. The lowest BCUT2D eigenvalue weighted by atomic mass is 10.2. The van der Waals surface area contributed by atoms with Gasteiger partial charge in [0.05, 0.1) is 13.7 Å². The van der Waals surface area contributed by atoms with E-state index >= 15 is 0 Å². The number of anilines is 1. The number of amides is 3. The number of carbonyl (C=O) groups is 3. The smallest absolute Gasteiger partial charge is 0.341 e. The van der Waals surface area contributed by atoms with E-state index in [2.05, 4.69) is 4.74 Å². The van der Waals surface area contributed by atoms with Crippen LogP contribution in [0.2, 0.25) is 0 Å². The first kappa shape index (κ1) is 17.7. The summed E-state index contributed by atoms with van der Waals surface area (Å²) >= 11 is 0. The molecule has 0 N–H and O–H groups in total. The number of methoxy groups -OCH3 is 1. The lowest BCUT2D eigenvalue weighted by Crippen LogP contribution is -2.33. The van der Waals surface area contributed by atoms with Gasteiger partial charge in [-0.3, -0.25) is 14.6 Å². The fourth-order valence-electron chi connectivity index (χ4n) is 3.00. The number of hydrogen-bond donors (Lipinski definition) is 0. The molecule has 7 heteroatoms. The topological polar surface area (TPSA) is 80.1 Å². The summed E-state index contributed by atoms with van der Waals surface area (Å²) in [6.07, 6.45) is 0. The third-order valence-electron chi connectivity index (χ3n) is 4.45. The second-order valence-electron chi connectivity index (χ2n) is 6.26. The summed E-state index contributed by atoms with van der Waals surface area (Å²) in [5, 5.41) is 0. The summed E-state index contributed by atoms with van der Waals surface area (Å²) in [5.41, 5.74) is 2.01. The van der Waals surface area contributed by atoms with Crippen molar-refractivity contribution in [3.05, 3.63) is 53.0 Å². The lowest BCUT2D eigenvalue weighted by molar-refractivity contribution is -0.127. The van der Waals surface area contributed by atoms with Gasteiger partial charge in [-0.15, -0.1) is 0 Å². The van der Waals surface area contributed by atoms with E-state index in [4.69, 9.17) is 4.42 Å². The molecule has 2 heterocycles. The Balaban J connectivity index is 1.85. The Morgan fingerprint density at radius 3 is 2.46 bits per heavy atom. The van der Waals surface area contributed by atoms with E-state index in [9.17, 15) is 14.4 Å². The molecular formula is C19H20N2O5. The van der Waals surface area contributed by atoms with Crippen molar-refractivity contribution in [2.24, 2.45) is 0 Å². The van der Waals surface area contributed by atoms with Crippen LogP contribution in [0.25, 0.3) is 0 Å². The Hall–Kier alpha value is -3.09. The van der Waals surface area contributed by atoms with Crippen molar-refractivity contribution in [1.29, 1.82) is 0 Å². The molecule has 3 rings (SSSR count). The minimum atomic E-state index is -0.610. The second-order valence-corrected chi connectivity index (χ2v) is 6.26. The number of furan rings is 1. The summed E-state index contributed by atoms with van der Waals surface area (Å²) < 4.78 is 10.2. The van der Waals surface area contributed by atoms with Crippen LogP contribution in [0.3, 0.4) is 0 Å². The monoisotopic (exact) mass is 356 g/mol. The number of imide groups is 1. The maximum absolute atomic E-state index is 12.8. The summed E-state index contributed by atoms with van der Waals surface area (Å²) in [5.74, 6) is -0.104. The van der Waals surface area contributed by atoms with Crippen LogP contribution in [0.5, 0.6) is 0 Å². The number of carbonyl (C=O) groups excluding carboxylic acids is 3. The largest absolute Gasteiger partial charge is 0.465 e. The van der Waals surface area contributed by atoms with Gasteiger partial charge < -0.3 is 9.15 Å². The Morgan fingerprint density at radius 2 is 1.85 bits per heavy atom. The first-order chi connectivity index (χ1) is 12.3. The molecule has 1 aromatic carbocycles. The van der Waals surface area contributed by atoms with Crippen LogP contribution in [0.15, 0.2) is 34.7 Å². The Labute approximate surface area is 151 Å². The molecule has 0 bridgehead atoms. The van der Waals surface area contributed by atoms with Crippen molar-refractivity contribution in [3.63, 3.8) is 0 Å². The molecule has 2 aromatic rings. The predicted octanol–water partition coefficient (Wildman–Crippen LogP) is 3.04. The van der Waals surface area contributed by atoms with Gasteiger partial charge in [0.1, 0.15) is 23.1 Å². The Morgan fingerprint density at radius 1 is 1.19 bits per heavy atom. The van der Waals surface area contributed by atoms with Gasteiger partial charge in [-0.2, -0.15) is 0 Å². The van der Waals surface area contributed by atoms with Gasteiger partial charge in [0.25, 0.3) is 5.91 Å². The van der Waals surface area contributed by atoms with Gasteiger partial charge in [0.15, 0.2) is 0 Å². The highest BCUT2D eigenvalue weighted by atomic mass is 16.5. The number of esters is 1. The molecule has 7 nitrogen and oxygen atoms in total. The molecule has 3 amide bonds. The molecule has 1 aliphatic rings. The minimum Gasteiger partial charge on any atom is -0.465 e. The van der Waals surface area contributed by atoms with Gasteiger partial charge in [-0.1, -0.05) is 17.7 Å². The van der Waals surface area contributed by atoms with Crippen LogP contribution in [-0.2, 0) is 16.1 Å².